The predicted octanol–water partition coefficient (Wildman–Crippen LogP) is 4.09. The van der Waals surface area contributed by atoms with Crippen LogP contribution >= 0.6 is 0 Å². The van der Waals surface area contributed by atoms with E-state index < -0.39 is 0 Å². The Hall–Kier alpha value is -1.77. The zero-order chi connectivity index (χ0) is 14.2. The molecule has 3 heteroatoms. The van der Waals surface area contributed by atoms with Gasteiger partial charge in [-0.3, -0.25) is 0 Å². The third kappa shape index (κ3) is 2.97. The summed E-state index contributed by atoms with van der Waals surface area (Å²) in [7, 11) is 0. The van der Waals surface area contributed by atoms with Crippen LogP contribution < -0.4 is 5.32 Å². The van der Waals surface area contributed by atoms with E-state index in [1.807, 2.05) is 6.20 Å². The number of aryl methyl sites for hydroxylation is 1. The highest BCUT2D eigenvalue weighted by atomic mass is 15.2. The van der Waals surface area contributed by atoms with Crippen molar-refractivity contribution in [3.8, 4) is 0 Å². The van der Waals surface area contributed by atoms with E-state index in [4.69, 9.17) is 0 Å². The molecule has 1 aromatic heterocycles. The Kier molecular flexibility index (Phi) is 3.21. The molecule has 0 unspecified atom stereocenters. The Bertz CT molecular complexity index is 636. The number of aromatic nitrogens is 2. The van der Waals surface area contributed by atoms with Gasteiger partial charge in [0.2, 0.25) is 5.95 Å². The van der Waals surface area contributed by atoms with E-state index in [0.717, 1.165) is 30.9 Å². The van der Waals surface area contributed by atoms with Crippen LogP contribution in [0.2, 0.25) is 0 Å². The monoisotopic (exact) mass is 281 g/mol. The summed E-state index contributed by atoms with van der Waals surface area (Å²) in [5.41, 5.74) is 4.34. The van der Waals surface area contributed by atoms with Gasteiger partial charge in [0.1, 0.15) is 0 Å². The lowest BCUT2D eigenvalue weighted by atomic mass is 10.0. The van der Waals surface area contributed by atoms with E-state index in [-0.39, 0.29) is 0 Å². The maximum atomic E-state index is 4.44. The summed E-state index contributed by atoms with van der Waals surface area (Å²) >= 11 is 0. The lowest BCUT2D eigenvalue weighted by Crippen LogP contribution is -2.08. The van der Waals surface area contributed by atoms with Crippen LogP contribution in [-0.4, -0.2) is 9.55 Å². The molecule has 2 fully saturated rings. The molecule has 3 nitrogen and oxygen atoms in total. The summed E-state index contributed by atoms with van der Waals surface area (Å²) < 4.78 is 2.25. The van der Waals surface area contributed by atoms with Crippen LogP contribution in [0.5, 0.6) is 0 Å². The number of anilines is 1. The van der Waals surface area contributed by atoms with Crippen LogP contribution in [0.4, 0.5) is 5.95 Å². The van der Waals surface area contributed by atoms with Crippen LogP contribution in [0.3, 0.4) is 0 Å². The number of nitrogens with zero attached hydrogens (tertiary/aromatic N) is 2. The maximum Gasteiger partial charge on any atom is 0.203 e. The number of hydrogen-bond donors (Lipinski definition) is 1. The van der Waals surface area contributed by atoms with Gasteiger partial charge in [0.25, 0.3) is 0 Å². The molecular formula is C18H23N3. The first-order valence-electron chi connectivity index (χ1n) is 8.14. The van der Waals surface area contributed by atoms with Crippen molar-refractivity contribution in [2.75, 3.05) is 5.32 Å². The van der Waals surface area contributed by atoms with Gasteiger partial charge < -0.3 is 9.88 Å². The Balaban J connectivity index is 1.41. The predicted molar refractivity (Wildman–Crippen MR) is 85.4 cm³/mol. The molecule has 4 rings (SSSR count). The van der Waals surface area contributed by atoms with Crippen molar-refractivity contribution in [3.05, 3.63) is 47.3 Å². The summed E-state index contributed by atoms with van der Waals surface area (Å²) in [5.74, 6) is 2.72. The molecule has 0 saturated heterocycles. The van der Waals surface area contributed by atoms with E-state index in [9.17, 15) is 0 Å². The highest BCUT2D eigenvalue weighted by molar-refractivity contribution is 5.37. The molecule has 0 bridgehead atoms. The Morgan fingerprint density at radius 3 is 2.81 bits per heavy atom. The average molecular weight is 281 g/mol. The van der Waals surface area contributed by atoms with Crippen molar-refractivity contribution in [3.63, 3.8) is 0 Å². The largest absolute Gasteiger partial charge is 0.352 e. The molecule has 110 valence electrons. The summed E-state index contributed by atoms with van der Waals surface area (Å²) in [6.45, 7) is 4.21. The van der Waals surface area contributed by atoms with Crippen molar-refractivity contribution in [2.24, 2.45) is 5.92 Å². The Labute approximate surface area is 126 Å². The first-order valence-corrected chi connectivity index (χ1v) is 8.14. The molecule has 21 heavy (non-hydrogen) atoms. The normalized spacial score (nSPS) is 18.0. The topological polar surface area (TPSA) is 29.9 Å². The van der Waals surface area contributed by atoms with Gasteiger partial charge in [0.05, 0.1) is 0 Å². The minimum Gasteiger partial charge on any atom is -0.352 e. The molecule has 0 radical (unpaired) electrons. The van der Waals surface area contributed by atoms with Crippen molar-refractivity contribution < 1.29 is 0 Å². The highest BCUT2D eigenvalue weighted by Gasteiger charge is 2.25. The molecular weight excluding hydrogens is 258 g/mol. The Morgan fingerprint density at radius 2 is 2.10 bits per heavy atom. The summed E-state index contributed by atoms with van der Waals surface area (Å²) in [4.78, 5) is 4.44. The molecule has 1 N–H and O–H groups in total. The minimum atomic E-state index is 0.837. The second-order valence-corrected chi connectivity index (χ2v) is 6.67. The van der Waals surface area contributed by atoms with E-state index in [1.54, 1.807) is 5.56 Å². The van der Waals surface area contributed by atoms with Crippen LogP contribution in [0, 0.1) is 12.8 Å². The van der Waals surface area contributed by atoms with E-state index >= 15 is 0 Å². The molecule has 1 aromatic carbocycles. The quantitative estimate of drug-likeness (QED) is 0.864. The summed E-state index contributed by atoms with van der Waals surface area (Å²) in [5, 5.41) is 3.49. The highest BCUT2D eigenvalue weighted by Crippen LogP contribution is 2.41. The van der Waals surface area contributed by atoms with E-state index in [1.165, 1.54) is 36.8 Å². The summed E-state index contributed by atoms with van der Waals surface area (Å²) in [6, 6.07) is 6.91. The zero-order valence-electron chi connectivity index (χ0n) is 12.7. The molecule has 0 spiro atoms. The number of hydrogen-bond acceptors (Lipinski definition) is 2. The third-order valence-electron chi connectivity index (χ3n) is 4.67. The van der Waals surface area contributed by atoms with Crippen LogP contribution in [0.25, 0.3) is 0 Å². The van der Waals surface area contributed by atoms with Crippen LogP contribution in [0.1, 0.15) is 48.3 Å². The van der Waals surface area contributed by atoms with Gasteiger partial charge in [0.15, 0.2) is 0 Å². The first kappa shape index (κ1) is 12.9. The number of rotatable bonds is 6. The maximum absolute atomic E-state index is 4.44. The lowest BCUT2D eigenvalue weighted by Gasteiger charge is -2.11. The molecule has 0 aliphatic heterocycles. The fraction of sp³-hybridized carbons (Fsp3) is 0.500. The van der Waals surface area contributed by atoms with Crippen LogP contribution in [0.15, 0.2) is 30.6 Å². The van der Waals surface area contributed by atoms with Crippen molar-refractivity contribution in [1.29, 1.82) is 0 Å². The zero-order valence-corrected chi connectivity index (χ0v) is 12.7. The fourth-order valence-corrected chi connectivity index (χ4v) is 3.08. The second kappa shape index (κ2) is 5.21. The van der Waals surface area contributed by atoms with Gasteiger partial charge in [-0.05, 0) is 61.1 Å². The van der Waals surface area contributed by atoms with Gasteiger partial charge in [0, 0.05) is 25.5 Å². The third-order valence-corrected chi connectivity index (χ3v) is 4.67. The molecule has 2 saturated carbocycles. The molecule has 2 aliphatic rings. The molecule has 0 amide bonds. The molecule has 1 heterocycles. The molecule has 2 aliphatic carbocycles. The van der Waals surface area contributed by atoms with Crippen LogP contribution in [-0.2, 0) is 13.1 Å². The van der Waals surface area contributed by atoms with Gasteiger partial charge in [-0.15, -0.1) is 0 Å². The second-order valence-electron chi connectivity index (χ2n) is 6.67. The van der Waals surface area contributed by atoms with E-state index in [0.29, 0.717) is 0 Å². The van der Waals surface area contributed by atoms with Gasteiger partial charge >= 0.3 is 0 Å². The molecule has 0 atom stereocenters. The fourth-order valence-electron chi connectivity index (χ4n) is 3.08. The van der Waals surface area contributed by atoms with Gasteiger partial charge in [-0.1, -0.05) is 18.2 Å². The van der Waals surface area contributed by atoms with Crippen molar-refractivity contribution in [1.82, 2.24) is 9.55 Å². The lowest BCUT2D eigenvalue weighted by molar-refractivity contribution is 0.630. The van der Waals surface area contributed by atoms with Gasteiger partial charge in [-0.2, -0.15) is 0 Å². The SMILES string of the molecule is Cc1cc(CNc2nccn2CC2CC2)ccc1C1CC1. The first-order chi connectivity index (χ1) is 10.3. The standard InChI is InChI=1S/C18H23N3/c1-13-10-15(4-7-17(13)16-5-6-16)11-20-18-19-8-9-21(18)12-14-2-3-14/h4,7-10,14,16H,2-3,5-6,11-12H2,1H3,(H,19,20). The average Bonchev–Trinajstić information content (AvgIpc) is 3.37. The van der Waals surface area contributed by atoms with E-state index in [2.05, 4.69) is 46.2 Å². The number of benzene rings is 1. The minimum absolute atomic E-state index is 0.837. The molecule has 2 aromatic rings. The Morgan fingerprint density at radius 1 is 1.24 bits per heavy atom. The summed E-state index contributed by atoms with van der Waals surface area (Å²) in [6.07, 6.45) is 9.47. The number of nitrogens with one attached hydrogen (secondary N) is 1. The smallest absolute Gasteiger partial charge is 0.203 e. The number of imidazole rings is 1. The van der Waals surface area contributed by atoms with Crippen molar-refractivity contribution in [2.45, 2.75) is 51.6 Å². The van der Waals surface area contributed by atoms with Crippen molar-refractivity contribution >= 4 is 5.95 Å². The van der Waals surface area contributed by atoms with Gasteiger partial charge in [-0.25, -0.2) is 4.98 Å².